The van der Waals surface area contributed by atoms with Crippen LogP contribution in [-0.2, 0) is 23.4 Å². The summed E-state index contributed by atoms with van der Waals surface area (Å²) in [4.78, 5) is 42.1. The Balaban J connectivity index is 1.52. The van der Waals surface area contributed by atoms with E-state index in [1.165, 1.54) is 0 Å². The maximum Gasteiger partial charge on any atom is 0.459 e. The van der Waals surface area contributed by atoms with Crippen LogP contribution < -0.4 is 20.9 Å². The molecule has 5 atom stereocenters. The molecule has 1 saturated heterocycles. The van der Waals surface area contributed by atoms with E-state index in [1.807, 2.05) is 23.2 Å². The van der Waals surface area contributed by atoms with Gasteiger partial charge in [-0.25, -0.2) is 9.36 Å². The van der Waals surface area contributed by atoms with Gasteiger partial charge in [-0.15, -0.1) is 0 Å². The average molecular weight is 645 g/mol. The SMILES string of the molecule is CC(C)OC(=O)C1(NP(=O)(OC[C@@]2(N=[N+]=[N-])O[C@@H](n3ccc(=O)[nH]c3=O)[C@H](O)[C@@H]2O)Oc2cccc3ccccc23)CCCC1. The molecule has 2 heterocycles. The number of azide groups is 1. The van der Waals surface area contributed by atoms with Crippen molar-refractivity contribution < 1.29 is 38.1 Å². The summed E-state index contributed by atoms with van der Waals surface area (Å²) in [6, 6.07) is 13.2. The van der Waals surface area contributed by atoms with E-state index in [0.717, 1.165) is 22.2 Å². The Labute approximate surface area is 256 Å². The molecule has 0 spiro atoms. The van der Waals surface area contributed by atoms with Gasteiger partial charge in [0.25, 0.3) is 5.56 Å². The van der Waals surface area contributed by atoms with E-state index in [2.05, 4.69) is 15.1 Å². The Hall–Kier alpha value is -4.01. The summed E-state index contributed by atoms with van der Waals surface area (Å²) in [6.07, 6.45) is -3.24. The Morgan fingerprint density at radius 3 is 2.60 bits per heavy atom. The van der Waals surface area contributed by atoms with Crippen molar-refractivity contribution in [3.05, 3.63) is 86.0 Å². The molecule has 1 aliphatic heterocycles. The van der Waals surface area contributed by atoms with Gasteiger partial charge in [-0.2, -0.15) is 5.09 Å². The zero-order valence-electron chi connectivity index (χ0n) is 24.4. The summed E-state index contributed by atoms with van der Waals surface area (Å²) < 4.78 is 38.6. The number of nitrogens with zero attached hydrogens (tertiary/aromatic N) is 4. The topological polar surface area (TPSA) is 227 Å². The number of benzene rings is 2. The number of ether oxygens (including phenoxy) is 2. The monoisotopic (exact) mass is 644 g/mol. The quantitative estimate of drug-likeness (QED) is 0.0780. The number of aromatic amines is 1. The number of rotatable bonds is 11. The van der Waals surface area contributed by atoms with Crippen molar-refractivity contribution in [2.75, 3.05) is 6.61 Å². The lowest BCUT2D eigenvalue weighted by molar-refractivity contribution is -0.155. The average Bonchev–Trinajstić information content (AvgIpc) is 3.56. The van der Waals surface area contributed by atoms with E-state index in [1.54, 1.807) is 38.1 Å². The summed E-state index contributed by atoms with van der Waals surface area (Å²) in [7, 11) is -4.65. The number of H-pyrrole nitrogens is 1. The van der Waals surface area contributed by atoms with Crippen LogP contribution >= 0.6 is 7.75 Å². The summed E-state index contributed by atoms with van der Waals surface area (Å²) in [5, 5.41) is 29.5. The van der Waals surface area contributed by atoms with Crippen molar-refractivity contribution in [1.29, 1.82) is 0 Å². The minimum Gasteiger partial charge on any atom is -0.462 e. The molecule has 45 heavy (non-hydrogen) atoms. The van der Waals surface area contributed by atoms with E-state index < -0.39 is 67.4 Å². The molecule has 240 valence electrons. The van der Waals surface area contributed by atoms with Gasteiger partial charge in [0.1, 0.15) is 23.5 Å². The molecule has 1 aromatic heterocycles. The second-order valence-electron chi connectivity index (χ2n) is 11.2. The van der Waals surface area contributed by atoms with Crippen molar-refractivity contribution in [2.24, 2.45) is 5.11 Å². The number of aromatic nitrogens is 2. The van der Waals surface area contributed by atoms with Crippen molar-refractivity contribution in [3.8, 4) is 5.75 Å². The van der Waals surface area contributed by atoms with Gasteiger partial charge >= 0.3 is 19.4 Å². The largest absolute Gasteiger partial charge is 0.462 e. The van der Waals surface area contributed by atoms with Gasteiger partial charge in [-0.05, 0) is 43.7 Å². The fourth-order valence-corrected chi connectivity index (χ4v) is 7.29. The minimum atomic E-state index is -4.65. The Morgan fingerprint density at radius 1 is 1.20 bits per heavy atom. The molecule has 17 heteroatoms. The van der Waals surface area contributed by atoms with Crippen LogP contribution in [0, 0.1) is 0 Å². The van der Waals surface area contributed by atoms with Crippen LogP contribution in [0.4, 0.5) is 0 Å². The van der Waals surface area contributed by atoms with Gasteiger partial charge in [0, 0.05) is 22.6 Å². The molecular formula is C28H33N6O10P. The fraction of sp³-hybridized carbons (Fsp3) is 0.464. The molecule has 1 unspecified atom stereocenters. The Kier molecular flexibility index (Phi) is 9.19. The zero-order valence-corrected chi connectivity index (χ0v) is 25.3. The highest BCUT2D eigenvalue weighted by Crippen LogP contribution is 2.52. The van der Waals surface area contributed by atoms with Crippen molar-refractivity contribution >= 4 is 24.5 Å². The highest BCUT2D eigenvalue weighted by molar-refractivity contribution is 7.52. The molecule has 1 aliphatic carbocycles. The first-order valence-electron chi connectivity index (χ1n) is 14.3. The van der Waals surface area contributed by atoms with Crippen LogP contribution in [0.15, 0.2) is 69.4 Å². The van der Waals surface area contributed by atoms with Crippen LogP contribution in [0.25, 0.3) is 21.2 Å². The predicted octanol–water partition coefficient (Wildman–Crippen LogP) is 3.00. The lowest BCUT2D eigenvalue weighted by atomic mass is 10.00. The summed E-state index contributed by atoms with van der Waals surface area (Å²) in [5.41, 5.74) is 3.80. The maximum atomic E-state index is 14.7. The number of hydrogen-bond acceptors (Lipinski definition) is 11. The van der Waals surface area contributed by atoms with Crippen molar-refractivity contribution in [1.82, 2.24) is 14.6 Å². The third-order valence-corrected chi connectivity index (χ3v) is 9.30. The van der Waals surface area contributed by atoms with Gasteiger partial charge in [0.15, 0.2) is 6.23 Å². The summed E-state index contributed by atoms with van der Waals surface area (Å²) >= 11 is 0. The Morgan fingerprint density at radius 2 is 1.91 bits per heavy atom. The van der Waals surface area contributed by atoms with Crippen LogP contribution in [-0.4, -0.2) is 61.9 Å². The van der Waals surface area contributed by atoms with Gasteiger partial charge in [-0.1, -0.05) is 54.4 Å². The smallest absolute Gasteiger partial charge is 0.459 e. The fourth-order valence-electron chi connectivity index (χ4n) is 5.52. The van der Waals surface area contributed by atoms with Gasteiger partial charge in [-0.3, -0.25) is 23.7 Å². The van der Waals surface area contributed by atoms with E-state index >= 15 is 0 Å². The second-order valence-corrected chi connectivity index (χ2v) is 12.8. The standard InChI is InChI=1S/C28H33N6O10P/c1-17(2)42-25(38)27(13-5-6-14-27)32-45(40,44-20-11-7-9-18-8-3-4-10-19(18)20)41-16-28(31-33-29)23(37)22(36)24(43-28)34-15-12-21(35)30-26(34)39/h3-4,7-12,15,17,22-24,36-37H,5-6,13-14,16H2,1-2H3,(H,32,40)(H,30,35,39)/t22-,23+,24-,28-,45?/m1/s1. The molecule has 3 aromatic rings. The van der Waals surface area contributed by atoms with Gasteiger partial charge in [0.2, 0.25) is 5.72 Å². The first kappa shape index (κ1) is 32.4. The van der Waals surface area contributed by atoms with Crippen LogP contribution in [0.1, 0.15) is 45.8 Å². The van der Waals surface area contributed by atoms with Crippen LogP contribution in [0.3, 0.4) is 0 Å². The molecule has 0 amide bonds. The third kappa shape index (κ3) is 6.53. The number of aliphatic hydroxyl groups is 2. The predicted molar refractivity (Wildman–Crippen MR) is 159 cm³/mol. The molecule has 5 rings (SSSR count). The number of carbonyl (C=O) groups excluding carboxylic acids is 1. The second kappa shape index (κ2) is 12.8. The van der Waals surface area contributed by atoms with Gasteiger partial charge < -0.3 is 24.2 Å². The van der Waals surface area contributed by atoms with E-state index in [4.69, 9.17) is 18.5 Å². The molecule has 2 aliphatic rings. The Bertz CT molecular complexity index is 1780. The highest BCUT2D eigenvalue weighted by atomic mass is 31.2. The highest BCUT2D eigenvalue weighted by Gasteiger charge is 2.57. The molecule has 2 aromatic carbocycles. The first-order valence-corrected chi connectivity index (χ1v) is 15.8. The molecule has 16 nitrogen and oxygen atoms in total. The molecular weight excluding hydrogens is 611 g/mol. The molecule has 2 fully saturated rings. The van der Waals surface area contributed by atoms with E-state index in [-0.39, 0.29) is 18.6 Å². The number of aliphatic hydroxyl groups excluding tert-OH is 2. The summed E-state index contributed by atoms with van der Waals surface area (Å²) in [5.74, 6) is -0.520. The molecule has 4 N–H and O–H groups in total. The van der Waals surface area contributed by atoms with E-state index in [9.17, 15) is 34.7 Å². The third-order valence-electron chi connectivity index (χ3n) is 7.69. The molecule has 0 bridgehead atoms. The number of carbonyl (C=O) groups is 1. The lowest BCUT2D eigenvalue weighted by Crippen LogP contribution is -2.51. The van der Waals surface area contributed by atoms with E-state index in [0.29, 0.717) is 18.2 Å². The van der Waals surface area contributed by atoms with Crippen molar-refractivity contribution in [2.45, 2.75) is 75.3 Å². The molecule has 1 saturated carbocycles. The summed E-state index contributed by atoms with van der Waals surface area (Å²) in [6.45, 7) is 2.40. The normalized spacial score (nSPS) is 25.5. The first-order chi connectivity index (χ1) is 21.4. The maximum absolute atomic E-state index is 14.7. The van der Waals surface area contributed by atoms with Crippen LogP contribution in [0.5, 0.6) is 5.75 Å². The lowest BCUT2D eigenvalue weighted by Gasteiger charge is -2.34. The minimum absolute atomic E-state index is 0.137. The number of fused-ring (bicyclic) bond motifs is 1. The number of hydrogen-bond donors (Lipinski definition) is 4. The molecule has 0 radical (unpaired) electrons. The van der Waals surface area contributed by atoms with Crippen molar-refractivity contribution in [3.63, 3.8) is 0 Å². The zero-order chi connectivity index (χ0) is 32.4. The number of esters is 1. The van der Waals surface area contributed by atoms with Crippen LogP contribution in [0.2, 0.25) is 0 Å². The van der Waals surface area contributed by atoms with Gasteiger partial charge in [0.05, 0.1) is 12.7 Å². The number of nitrogens with one attached hydrogen (secondary N) is 2.